The normalized spacial score (nSPS) is 18.8. The minimum absolute atomic E-state index is 0.651. The molecular formula is C12H20N2S. The topological polar surface area (TPSA) is 24.9 Å². The molecule has 1 aromatic rings. The molecule has 3 heteroatoms. The Balaban J connectivity index is 1.68. The van der Waals surface area contributed by atoms with Gasteiger partial charge in [0.15, 0.2) is 0 Å². The van der Waals surface area contributed by atoms with E-state index in [1.807, 2.05) is 6.20 Å². The first-order valence-electron chi connectivity index (χ1n) is 5.88. The second-order valence-corrected chi connectivity index (χ2v) is 5.98. The van der Waals surface area contributed by atoms with Crippen LogP contribution in [0.2, 0.25) is 0 Å². The van der Waals surface area contributed by atoms with Crippen molar-refractivity contribution in [1.29, 1.82) is 0 Å². The molecule has 0 amide bonds. The SMILES string of the molecule is Cc1ncc(CNC(C)CC2CCC2)s1. The fourth-order valence-corrected chi connectivity index (χ4v) is 2.82. The van der Waals surface area contributed by atoms with Crippen LogP contribution in [0, 0.1) is 12.8 Å². The molecule has 0 spiro atoms. The molecule has 2 rings (SSSR count). The molecule has 2 nitrogen and oxygen atoms in total. The summed E-state index contributed by atoms with van der Waals surface area (Å²) in [4.78, 5) is 5.62. The molecule has 0 saturated heterocycles. The van der Waals surface area contributed by atoms with Crippen LogP contribution in [0.1, 0.15) is 42.5 Å². The second kappa shape index (κ2) is 5.08. The summed E-state index contributed by atoms with van der Waals surface area (Å²) < 4.78 is 0. The third kappa shape index (κ3) is 3.28. The Morgan fingerprint density at radius 2 is 2.40 bits per heavy atom. The van der Waals surface area contributed by atoms with Crippen LogP contribution >= 0.6 is 11.3 Å². The van der Waals surface area contributed by atoms with E-state index in [4.69, 9.17) is 0 Å². The van der Waals surface area contributed by atoms with E-state index in [1.165, 1.54) is 35.6 Å². The molecule has 1 saturated carbocycles. The number of hydrogen-bond donors (Lipinski definition) is 1. The highest BCUT2D eigenvalue weighted by Crippen LogP contribution is 2.30. The highest BCUT2D eigenvalue weighted by molar-refractivity contribution is 7.11. The molecule has 0 radical (unpaired) electrons. The van der Waals surface area contributed by atoms with Crippen LogP contribution < -0.4 is 5.32 Å². The van der Waals surface area contributed by atoms with Gasteiger partial charge in [-0.3, -0.25) is 0 Å². The average molecular weight is 224 g/mol. The lowest BCUT2D eigenvalue weighted by atomic mass is 9.81. The van der Waals surface area contributed by atoms with Crippen molar-refractivity contribution in [3.8, 4) is 0 Å². The standard InChI is InChI=1S/C12H20N2S/c1-9(6-11-4-3-5-11)13-7-12-8-14-10(2)15-12/h8-9,11,13H,3-7H2,1-2H3. The van der Waals surface area contributed by atoms with Gasteiger partial charge >= 0.3 is 0 Å². The Bertz CT molecular complexity index is 304. The Kier molecular flexibility index (Phi) is 3.76. The minimum Gasteiger partial charge on any atom is -0.309 e. The number of nitrogens with one attached hydrogen (secondary N) is 1. The first kappa shape index (κ1) is 11.1. The molecule has 0 aliphatic heterocycles. The fraction of sp³-hybridized carbons (Fsp3) is 0.750. The summed E-state index contributed by atoms with van der Waals surface area (Å²) >= 11 is 1.79. The van der Waals surface area contributed by atoms with E-state index in [0.29, 0.717) is 6.04 Å². The molecule has 15 heavy (non-hydrogen) atoms. The third-order valence-electron chi connectivity index (χ3n) is 3.21. The van der Waals surface area contributed by atoms with Crippen LogP contribution in [-0.2, 0) is 6.54 Å². The van der Waals surface area contributed by atoms with Crippen molar-refractivity contribution in [2.45, 2.75) is 52.1 Å². The Morgan fingerprint density at radius 1 is 1.60 bits per heavy atom. The summed E-state index contributed by atoms with van der Waals surface area (Å²) in [6.45, 7) is 5.34. The number of rotatable bonds is 5. The largest absolute Gasteiger partial charge is 0.309 e. The van der Waals surface area contributed by atoms with Crippen LogP contribution in [0.5, 0.6) is 0 Å². The molecule has 1 heterocycles. The molecule has 1 aromatic heterocycles. The van der Waals surface area contributed by atoms with Gasteiger partial charge in [0.1, 0.15) is 0 Å². The summed E-state index contributed by atoms with van der Waals surface area (Å²) in [5.74, 6) is 0.996. The van der Waals surface area contributed by atoms with E-state index >= 15 is 0 Å². The van der Waals surface area contributed by atoms with Crippen molar-refractivity contribution in [2.75, 3.05) is 0 Å². The lowest BCUT2D eigenvalue weighted by Gasteiger charge is -2.28. The molecule has 1 unspecified atom stereocenters. The molecule has 84 valence electrons. The van der Waals surface area contributed by atoms with Crippen molar-refractivity contribution < 1.29 is 0 Å². The fourth-order valence-electron chi connectivity index (χ4n) is 2.07. The van der Waals surface area contributed by atoms with Gasteiger partial charge in [-0.15, -0.1) is 11.3 Å². The zero-order chi connectivity index (χ0) is 10.7. The molecule has 1 aliphatic carbocycles. The third-order valence-corrected chi connectivity index (χ3v) is 4.12. The predicted molar refractivity (Wildman–Crippen MR) is 65.1 cm³/mol. The number of thiazole rings is 1. The summed E-state index contributed by atoms with van der Waals surface area (Å²) in [6.07, 6.45) is 7.68. The Hall–Kier alpha value is -0.410. The molecular weight excluding hydrogens is 204 g/mol. The van der Waals surface area contributed by atoms with E-state index in [0.717, 1.165) is 12.5 Å². The lowest BCUT2D eigenvalue weighted by molar-refractivity contribution is 0.266. The maximum Gasteiger partial charge on any atom is 0.0897 e. The van der Waals surface area contributed by atoms with E-state index in [1.54, 1.807) is 11.3 Å². The van der Waals surface area contributed by atoms with Crippen molar-refractivity contribution in [3.05, 3.63) is 16.1 Å². The van der Waals surface area contributed by atoms with Crippen LogP contribution in [0.15, 0.2) is 6.20 Å². The summed E-state index contributed by atoms with van der Waals surface area (Å²) in [5, 5.41) is 4.75. The van der Waals surface area contributed by atoms with Gasteiger partial charge in [-0.1, -0.05) is 19.3 Å². The van der Waals surface area contributed by atoms with Gasteiger partial charge < -0.3 is 5.32 Å². The van der Waals surface area contributed by atoms with E-state index < -0.39 is 0 Å². The van der Waals surface area contributed by atoms with Crippen molar-refractivity contribution in [3.63, 3.8) is 0 Å². The second-order valence-electron chi connectivity index (χ2n) is 4.66. The van der Waals surface area contributed by atoms with E-state index in [2.05, 4.69) is 24.1 Å². The first-order valence-corrected chi connectivity index (χ1v) is 6.70. The molecule has 0 bridgehead atoms. The molecule has 1 atom stereocenters. The average Bonchev–Trinajstić information content (AvgIpc) is 2.55. The molecule has 1 N–H and O–H groups in total. The lowest BCUT2D eigenvalue weighted by Crippen LogP contribution is -2.29. The van der Waals surface area contributed by atoms with Crippen molar-refractivity contribution in [2.24, 2.45) is 5.92 Å². The monoisotopic (exact) mass is 224 g/mol. The zero-order valence-corrected chi connectivity index (χ0v) is 10.4. The van der Waals surface area contributed by atoms with Crippen LogP contribution in [-0.4, -0.2) is 11.0 Å². The maximum absolute atomic E-state index is 4.26. The van der Waals surface area contributed by atoms with Gasteiger partial charge in [0.25, 0.3) is 0 Å². The van der Waals surface area contributed by atoms with Crippen LogP contribution in [0.25, 0.3) is 0 Å². The van der Waals surface area contributed by atoms with Crippen molar-refractivity contribution in [1.82, 2.24) is 10.3 Å². The van der Waals surface area contributed by atoms with Crippen LogP contribution in [0.3, 0.4) is 0 Å². The molecule has 1 aliphatic rings. The smallest absolute Gasteiger partial charge is 0.0897 e. The van der Waals surface area contributed by atoms with Gasteiger partial charge in [-0.05, 0) is 26.2 Å². The van der Waals surface area contributed by atoms with Gasteiger partial charge in [0.2, 0.25) is 0 Å². The number of aryl methyl sites for hydroxylation is 1. The summed E-state index contributed by atoms with van der Waals surface area (Å²) in [5.41, 5.74) is 0. The van der Waals surface area contributed by atoms with Crippen molar-refractivity contribution >= 4 is 11.3 Å². The maximum atomic E-state index is 4.26. The quantitative estimate of drug-likeness (QED) is 0.831. The van der Waals surface area contributed by atoms with Gasteiger partial charge in [0, 0.05) is 23.7 Å². The minimum atomic E-state index is 0.651. The number of hydrogen-bond acceptors (Lipinski definition) is 3. The number of nitrogens with zero attached hydrogens (tertiary/aromatic N) is 1. The number of aromatic nitrogens is 1. The van der Waals surface area contributed by atoms with Gasteiger partial charge in [-0.25, -0.2) is 4.98 Å². The first-order chi connectivity index (χ1) is 7.24. The molecule has 1 fully saturated rings. The van der Waals surface area contributed by atoms with Gasteiger partial charge in [0.05, 0.1) is 5.01 Å². The Morgan fingerprint density at radius 3 is 2.93 bits per heavy atom. The van der Waals surface area contributed by atoms with Gasteiger partial charge in [-0.2, -0.15) is 0 Å². The highest BCUT2D eigenvalue weighted by Gasteiger charge is 2.19. The van der Waals surface area contributed by atoms with E-state index in [-0.39, 0.29) is 0 Å². The highest BCUT2D eigenvalue weighted by atomic mass is 32.1. The molecule has 0 aromatic carbocycles. The summed E-state index contributed by atoms with van der Waals surface area (Å²) in [7, 11) is 0. The predicted octanol–water partition coefficient (Wildman–Crippen LogP) is 3.12. The Labute approximate surface area is 96.1 Å². The zero-order valence-electron chi connectivity index (χ0n) is 9.62. The summed E-state index contributed by atoms with van der Waals surface area (Å²) in [6, 6.07) is 0.651. The van der Waals surface area contributed by atoms with Crippen LogP contribution in [0.4, 0.5) is 0 Å². The van der Waals surface area contributed by atoms with E-state index in [9.17, 15) is 0 Å².